The number of hydrogen-bond acceptors (Lipinski definition) is 5. The number of amides is 2. The number of halogens is 1. The topological polar surface area (TPSA) is 80.1 Å². The summed E-state index contributed by atoms with van der Waals surface area (Å²) >= 11 is 1.33. The molecule has 9 heteroatoms. The summed E-state index contributed by atoms with van der Waals surface area (Å²) < 4.78 is 14.9. The minimum atomic E-state index is -0.373. The monoisotopic (exact) mass is 391 g/mol. The van der Waals surface area contributed by atoms with Crippen molar-refractivity contribution < 1.29 is 14.0 Å². The van der Waals surface area contributed by atoms with E-state index in [1.807, 2.05) is 6.92 Å². The fourth-order valence-electron chi connectivity index (χ4n) is 2.62. The van der Waals surface area contributed by atoms with Gasteiger partial charge in [0, 0.05) is 25.2 Å². The molecule has 0 atom stereocenters. The van der Waals surface area contributed by atoms with Crippen LogP contribution in [0.1, 0.15) is 31.5 Å². The van der Waals surface area contributed by atoms with E-state index in [0.717, 1.165) is 30.4 Å². The molecule has 1 aliphatic rings. The summed E-state index contributed by atoms with van der Waals surface area (Å²) in [5.41, 5.74) is 0.486. The Morgan fingerprint density at radius 2 is 2.00 bits per heavy atom. The highest BCUT2D eigenvalue weighted by molar-refractivity contribution is 7.99. The molecule has 1 saturated carbocycles. The molecule has 0 unspecified atom stereocenters. The van der Waals surface area contributed by atoms with E-state index in [4.69, 9.17) is 0 Å². The highest BCUT2D eigenvalue weighted by atomic mass is 32.2. The SMILES string of the molecule is CCn1c(SCC(=O)N(C)CC(=O)Nc2ccc(F)cc2)nnc1C1CC1. The zero-order valence-corrected chi connectivity index (χ0v) is 16.1. The van der Waals surface area contributed by atoms with Crippen LogP contribution in [-0.4, -0.2) is 50.8 Å². The predicted octanol–water partition coefficient (Wildman–Crippen LogP) is 2.50. The number of carbonyl (C=O) groups excluding carboxylic acids is 2. The van der Waals surface area contributed by atoms with Crippen LogP contribution >= 0.6 is 11.8 Å². The van der Waals surface area contributed by atoms with Crippen molar-refractivity contribution in [2.45, 2.75) is 37.4 Å². The number of benzene rings is 1. The third-order valence-electron chi connectivity index (χ3n) is 4.26. The van der Waals surface area contributed by atoms with Gasteiger partial charge in [-0.15, -0.1) is 10.2 Å². The second-order valence-electron chi connectivity index (χ2n) is 6.45. The van der Waals surface area contributed by atoms with Crippen molar-refractivity contribution in [3.63, 3.8) is 0 Å². The van der Waals surface area contributed by atoms with E-state index < -0.39 is 0 Å². The molecule has 0 aliphatic heterocycles. The van der Waals surface area contributed by atoms with Gasteiger partial charge in [-0.05, 0) is 44.0 Å². The largest absolute Gasteiger partial charge is 0.336 e. The number of anilines is 1. The number of nitrogens with zero attached hydrogens (tertiary/aromatic N) is 4. The van der Waals surface area contributed by atoms with Gasteiger partial charge in [-0.25, -0.2) is 4.39 Å². The van der Waals surface area contributed by atoms with Crippen molar-refractivity contribution in [1.29, 1.82) is 0 Å². The summed E-state index contributed by atoms with van der Waals surface area (Å²) in [5.74, 6) is 0.799. The van der Waals surface area contributed by atoms with E-state index in [9.17, 15) is 14.0 Å². The molecule has 0 spiro atoms. The fourth-order valence-corrected chi connectivity index (χ4v) is 3.57. The molecular weight excluding hydrogens is 369 g/mol. The minimum Gasteiger partial charge on any atom is -0.336 e. The van der Waals surface area contributed by atoms with Crippen LogP contribution in [0, 0.1) is 5.82 Å². The normalized spacial score (nSPS) is 13.4. The molecule has 1 fully saturated rings. The molecule has 3 rings (SSSR count). The summed E-state index contributed by atoms with van der Waals surface area (Å²) in [6.45, 7) is 2.73. The number of nitrogens with one attached hydrogen (secondary N) is 1. The van der Waals surface area contributed by atoms with Crippen molar-refractivity contribution in [2.24, 2.45) is 0 Å². The predicted molar refractivity (Wildman–Crippen MR) is 101 cm³/mol. The van der Waals surface area contributed by atoms with Gasteiger partial charge < -0.3 is 14.8 Å². The van der Waals surface area contributed by atoms with Gasteiger partial charge in [-0.3, -0.25) is 9.59 Å². The van der Waals surface area contributed by atoms with Crippen LogP contribution in [0.3, 0.4) is 0 Å². The zero-order chi connectivity index (χ0) is 19.4. The molecule has 0 bridgehead atoms. The van der Waals surface area contributed by atoms with Gasteiger partial charge in [0.2, 0.25) is 11.8 Å². The van der Waals surface area contributed by atoms with Gasteiger partial charge in [0.05, 0.1) is 12.3 Å². The van der Waals surface area contributed by atoms with E-state index in [1.165, 1.54) is 40.9 Å². The minimum absolute atomic E-state index is 0.0788. The average Bonchev–Trinajstić information content (AvgIpc) is 3.41. The van der Waals surface area contributed by atoms with Crippen LogP contribution in [0.4, 0.5) is 10.1 Å². The molecule has 1 aliphatic carbocycles. The number of carbonyl (C=O) groups is 2. The Kier molecular flexibility index (Phi) is 6.10. The van der Waals surface area contributed by atoms with Crippen LogP contribution in [0.5, 0.6) is 0 Å². The molecule has 7 nitrogen and oxygen atoms in total. The highest BCUT2D eigenvalue weighted by Crippen LogP contribution is 2.39. The number of thioether (sulfide) groups is 1. The third-order valence-corrected chi connectivity index (χ3v) is 5.21. The first-order valence-electron chi connectivity index (χ1n) is 8.83. The van der Waals surface area contributed by atoms with Crippen molar-refractivity contribution in [3.8, 4) is 0 Å². The molecule has 2 aromatic rings. The van der Waals surface area contributed by atoms with E-state index in [-0.39, 0.29) is 29.9 Å². The summed E-state index contributed by atoms with van der Waals surface area (Å²) in [7, 11) is 1.58. The average molecular weight is 391 g/mol. The molecule has 1 aromatic carbocycles. The number of aromatic nitrogens is 3. The van der Waals surface area contributed by atoms with Crippen LogP contribution in [-0.2, 0) is 16.1 Å². The lowest BCUT2D eigenvalue weighted by Gasteiger charge is -2.16. The summed E-state index contributed by atoms with van der Waals surface area (Å²) in [4.78, 5) is 25.7. The van der Waals surface area contributed by atoms with Gasteiger partial charge in [-0.1, -0.05) is 11.8 Å². The fraction of sp³-hybridized carbons (Fsp3) is 0.444. The summed E-state index contributed by atoms with van der Waals surface area (Å²) in [6.07, 6.45) is 2.29. The van der Waals surface area contributed by atoms with E-state index in [1.54, 1.807) is 7.05 Å². The number of likely N-dealkylation sites (N-methyl/N-ethyl adjacent to an activating group) is 1. The third kappa shape index (κ3) is 5.06. The second kappa shape index (κ2) is 8.51. The Morgan fingerprint density at radius 1 is 1.30 bits per heavy atom. The first-order valence-corrected chi connectivity index (χ1v) is 9.81. The summed E-state index contributed by atoms with van der Waals surface area (Å²) in [6, 6.07) is 5.47. The second-order valence-corrected chi connectivity index (χ2v) is 7.40. The lowest BCUT2D eigenvalue weighted by Crippen LogP contribution is -2.36. The Morgan fingerprint density at radius 3 is 2.63 bits per heavy atom. The molecule has 0 radical (unpaired) electrons. The quantitative estimate of drug-likeness (QED) is 0.700. The zero-order valence-electron chi connectivity index (χ0n) is 15.3. The Hall–Kier alpha value is -2.42. The van der Waals surface area contributed by atoms with E-state index in [2.05, 4.69) is 20.1 Å². The molecule has 2 amide bonds. The first-order chi connectivity index (χ1) is 13.0. The van der Waals surface area contributed by atoms with Crippen LogP contribution in [0.15, 0.2) is 29.4 Å². The standard InChI is InChI=1S/C18H22FN5O2S/c1-3-24-17(12-4-5-12)21-22-18(24)27-11-16(26)23(2)10-15(25)20-14-8-6-13(19)7-9-14/h6-9,12H,3-5,10-11H2,1-2H3,(H,20,25). The maximum atomic E-state index is 12.9. The van der Waals surface area contributed by atoms with Gasteiger partial charge in [0.1, 0.15) is 11.6 Å². The smallest absolute Gasteiger partial charge is 0.243 e. The van der Waals surface area contributed by atoms with Crippen molar-refractivity contribution in [2.75, 3.05) is 24.7 Å². The van der Waals surface area contributed by atoms with E-state index in [0.29, 0.717) is 11.6 Å². The van der Waals surface area contributed by atoms with Gasteiger partial charge in [0.25, 0.3) is 0 Å². The maximum absolute atomic E-state index is 12.9. The lowest BCUT2D eigenvalue weighted by atomic mass is 10.3. The van der Waals surface area contributed by atoms with Crippen LogP contribution in [0.25, 0.3) is 0 Å². The molecular formula is C18H22FN5O2S. The first kappa shape index (κ1) is 19.3. The van der Waals surface area contributed by atoms with Crippen molar-refractivity contribution in [3.05, 3.63) is 35.9 Å². The molecule has 144 valence electrons. The maximum Gasteiger partial charge on any atom is 0.243 e. The van der Waals surface area contributed by atoms with Gasteiger partial charge in [-0.2, -0.15) is 0 Å². The molecule has 1 heterocycles. The van der Waals surface area contributed by atoms with Crippen molar-refractivity contribution >= 4 is 29.3 Å². The Balaban J connectivity index is 1.49. The Bertz CT molecular complexity index is 820. The van der Waals surface area contributed by atoms with Gasteiger partial charge in [0.15, 0.2) is 5.16 Å². The van der Waals surface area contributed by atoms with Gasteiger partial charge >= 0.3 is 0 Å². The molecule has 1 N–H and O–H groups in total. The van der Waals surface area contributed by atoms with Crippen molar-refractivity contribution in [1.82, 2.24) is 19.7 Å². The molecule has 27 heavy (non-hydrogen) atoms. The molecule has 0 saturated heterocycles. The molecule has 1 aromatic heterocycles. The van der Waals surface area contributed by atoms with Crippen LogP contribution < -0.4 is 5.32 Å². The number of hydrogen-bond donors (Lipinski definition) is 1. The number of rotatable bonds is 8. The highest BCUT2D eigenvalue weighted by Gasteiger charge is 2.30. The van der Waals surface area contributed by atoms with Crippen LogP contribution in [0.2, 0.25) is 0 Å². The Labute approximate surface area is 161 Å². The summed E-state index contributed by atoms with van der Waals surface area (Å²) in [5, 5.41) is 11.8. The lowest BCUT2D eigenvalue weighted by molar-refractivity contribution is -0.131. The van der Waals surface area contributed by atoms with E-state index >= 15 is 0 Å².